The summed E-state index contributed by atoms with van der Waals surface area (Å²) in [6.45, 7) is 1.48. The van der Waals surface area contributed by atoms with Gasteiger partial charge in [0.05, 0.1) is 0 Å². The van der Waals surface area contributed by atoms with Gasteiger partial charge in [0.25, 0.3) is 5.91 Å². The van der Waals surface area contributed by atoms with Crippen LogP contribution in [0.25, 0.3) is 11.5 Å². The highest BCUT2D eigenvalue weighted by Crippen LogP contribution is 2.34. The quantitative estimate of drug-likeness (QED) is 0.620. The normalized spacial score (nSPS) is 19.2. The Labute approximate surface area is 167 Å². The summed E-state index contributed by atoms with van der Waals surface area (Å²) >= 11 is 3.42. The number of amides is 3. The van der Waals surface area contributed by atoms with E-state index in [4.69, 9.17) is 4.42 Å². The van der Waals surface area contributed by atoms with Crippen LogP contribution < -0.4 is 5.32 Å². The summed E-state index contributed by atoms with van der Waals surface area (Å²) in [5.74, 6) is -0.532. The standard InChI is InChI=1S/C19H14BrFN4O3/c1-19(13-4-2-3-5-14(13)20)17(26)25(18(27)22-19)10-15-23-24-16(28-15)11-6-8-12(21)9-7-11/h2-9H,10H2,1H3,(H,22,27). The Hall–Kier alpha value is -3.07. The summed E-state index contributed by atoms with van der Waals surface area (Å²) in [6.07, 6.45) is 0. The molecule has 7 nitrogen and oxygen atoms in total. The molecule has 4 rings (SSSR count). The minimum absolute atomic E-state index is 0.0965. The van der Waals surface area contributed by atoms with Crippen LogP contribution in [-0.2, 0) is 16.9 Å². The van der Waals surface area contributed by atoms with Crippen LogP contribution in [-0.4, -0.2) is 27.0 Å². The fourth-order valence-corrected chi connectivity index (χ4v) is 3.73. The third-order valence-electron chi connectivity index (χ3n) is 4.54. The number of carbonyl (C=O) groups excluding carboxylic acids is 2. The highest BCUT2D eigenvalue weighted by Gasteiger charge is 2.50. The number of imide groups is 1. The number of rotatable bonds is 4. The second kappa shape index (κ2) is 6.83. The van der Waals surface area contributed by atoms with Crippen molar-refractivity contribution in [3.05, 3.63) is 70.3 Å². The van der Waals surface area contributed by atoms with Gasteiger partial charge in [-0.1, -0.05) is 34.1 Å². The van der Waals surface area contributed by atoms with E-state index in [0.717, 1.165) is 4.90 Å². The van der Waals surface area contributed by atoms with Gasteiger partial charge in [-0.3, -0.25) is 9.69 Å². The van der Waals surface area contributed by atoms with Gasteiger partial charge in [0, 0.05) is 15.6 Å². The molecule has 1 N–H and O–H groups in total. The van der Waals surface area contributed by atoms with Gasteiger partial charge in [-0.2, -0.15) is 0 Å². The molecule has 3 aromatic rings. The Bertz CT molecular complexity index is 1070. The van der Waals surface area contributed by atoms with Crippen LogP contribution in [0.2, 0.25) is 0 Å². The number of nitrogens with one attached hydrogen (secondary N) is 1. The molecule has 1 saturated heterocycles. The molecule has 9 heteroatoms. The van der Waals surface area contributed by atoms with Crippen molar-refractivity contribution in [3.8, 4) is 11.5 Å². The second-order valence-electron chi connectivity index (χ2n) is 6.43. The fraction of sp³-hybridized carbons (Fsp3) is 0.158. The van der Waals surface area contributed by atoms with Gasteiger partial charge in [0.1, 0.15) is 17.9 Å². The summed E-state index contributed by atoms with van der Waals surface area (Å²) in [6, 6.07) is 12.2. The first-order valence-electron chi connectivity index (χ1n) is 8.36. The molecule has 0 spiro atoms. The molecule has 0 saturated carbocycles. The number of aromatic nitrogens is 2. The van der Waals surface area contributed by atoms with Crippen molar-refractivity contribution in [1.29, 1.82) is 0 Å². The number of nitrogens with zero attached hydrogens (tertiary/aromatic N) is 3. The summed E-state index contributed by atoms with van der Waals surface area (Å²) in [5.41, 5.74) is -0.0273. The van der Waals surface area contributed by atoms with Crippen LogP contribution in [0.4, 0.5) is 9.18 Å². The predicted octanol–water partition coefficient (Wildman–Crippen LogP) is 3.61. The highest BCUT2D eigenvalue weighted by molar-refractivity contribution is 9.10. The smallest absolute Gasteiger partial charge is 0.325 e. The molecule has 2 aromatic carbocycles. The van der Waals surface area contributed by atoms with Gasteiger partial charge in [-0.25, -0.2) is 9.18 Å². The van der Waals surface area contributed by atoms with Crippen molar-refractivity contribution in [3.63, 3.8) is 0 Å². The summed E-state index contributed by atoms with van der Waals surface area (Å²) < 4.78 is 19.3. The van der Waals surface area contributed by atoms with Crippen molar-refractivity contribution in [2.45, 2.75) is 19.0 Å². The zero-order valence-electron chi connectivity index (χ0n) is 14.6. The van der Waals surface area contributed by atoms with Crippen LogP contribution in [0, 0.1) is 5.82 Å². The first kappa shape index (κ1) is 18.3. The number of hydrogen-bond donors (Lipinski definition) is 1. The average molecular weight is 445 g/mol. The average Bonchev–Trinajstić information content (AvgIpc) is 3.22. The largest absolute Gasteiger partial charge is 0.419 e. The first-order chi connectivity index (χ1) is 13.4. The lowest BCUT2D eigenvalue weighted by atomic mass is 9.92. The monoisotopic (exact) mass is 444 g/mol. The minimum Gasteiger partial charge on any atom is -0.419 e. The van der Waals surface area contributed by atoms with Crippen LogP contribution in [0.15, 0.2) is 57.4 Å². The summed E-state index contributed by atoms with van der Waals surface area (Å²) in [5, 5.41) is 10.5. The van der Waals surface area contributed by atoms with Gasteiger partial charge < -0.3 is 9.73 Å². The van der Waals surface area contributed by atoms with Crippen LogP contribution in [0.3, 0.4) is 0 Å². The molecule has 0 aliphatic carbocycles. The number of hydrogen-bond acceptors (Lipinski definition) is 5. The Kier molecular flexibility index (Phi) is 4.46. The lowest BCUT2D eigenvalue weighted by Gasteiger charge is -2.23. The Morgan fingerprint density at radius 2 is 1.86 bits per heavy atom. The molecule has 2 heterocycles. The maximum Gasteiger partial charge on any atom is 0.325 e. The Morgan fingerprint density at radius 3 is 2.57 bits per heavy atom. The van der Waals surface area contributed by atoms with Crippen LogP contribution >= 0.6 is 15.9 Å². The van der Waals surface area contributed by atoms with E-state index in [-0.39, 0.29) is 24.1 Å². The fourth-order valence-electron chi connectivity index (χ4n) is 3.05. The first-order valence-corrected chi connectivity index (χ1v) is 9.15. The molecule has 1 aliphatic rings. The van der Waals surface area contributed by atoms with E-state index in [2.05, 4.69) is 31.4 Å². The molecule has 1 aliphatic heterocycles. The molecular weight excluding hydrogens is 431 g/mol. The number of benzene rings is 2. The molecule has 0 bridgehead atoms. The zero-order chi connectivity index (χ0) is 19.9. The zero-order valence-corrected chi connectivity index (χ0v) is 16.2. The van der Waals surface area contributed by atoms with Crippen molar-refractivity contribution in [1.82, 2.24) is 20.4 Å². The third-order valence-corrected chi connectivity index (χ3v) is 5.23. The number of carbonyl (C=O) groups is 2. The van der Waals surface area contributed by atoms with E-state index < -0.39 is 17.5 Å². The molecule has 1 aromatic heterocycles. The van der Waals surface area contributed by atoms with Gasteiger partial charge in [-0.05, 0) is 37.3 Å². The van der Waals surface area contributed by atoms with Crippen molar-refractivity contribution in [2.75, 3.05) is 0 Å². The van der Waals surface area contributed by atoms with Gasteiger partial charge in [0.15, 0.2) is 0 Å². The van der Waals surface area contributed by atoms with Crippen molar-refractivity contribution in [2.24, 2.45) is 0 Å². The maximum atomic E-state index is 13.0. The second-order valence-corrected chi connectivity index (χ2v) is 7.29. The lowest BCUT2D eigenvalue weighted by Crippen LogP contribution is -2.41. The van der Waals surface area contributed by atoms with E-state index in [1.807, 2.05) is 6.07 Å². The minimum atomic E-state index is -1.21. The van der Waals surface area contributed by atoms with Crippen molar-refractivity contribution >= 4 is 27.9 Å². The van der Waals surface area contributed by atoms with E-state index in [1.54, 1.807) is 25.1 Å². The van der Waals surface area contributed by atoms with Gasteiger partial charge >= 0.3 is 6.03 Å². The molecule has 1 unspecified atom stereocenters. The molecule has 0 radical (unpaired) electrons. The summed E-state index contributed by atoms with van der Waals surface area (Å²) in [7, 11) is 0. The van der Waals surface area contributed by atoms with Crippen molar-refractivity contribution < 1.29 is 18.4 Å². The topological polar surface area (TPSA) is 88.3 Å². The van der Waals surface area contributed by atoms with E-state index in [1.165, 1.54) is 24.3 Å². The van der Waals surface area contributed by atoms with E-state index >= 15 is 0 Å². The molecule has 3 amide bonds. The molecule has 1 atom stereocenters. The molecule has 142 valence electrons. The lowest BCUT2D eigenvalue weighted by molar-refractivity contribution is -0.131. The van der Waals surface area contributed by atoms with Crippen LogP contribution in [0.5, 0.6) is 0 Å². The Morgan fingerprint density at radius 1 is 1.14 bits per heavy atom. The SMILES string of the molecule is CC1(c2ccccc2Br)NC(=O)N(Cc2nnc(-c3ccc(F)cc3)o2)C1=O. The molecular formula is C19H14BrFN4O3. The van der Waals surface area contributed by atoms with Gasteiger partial charge in [0.2, 0.25) is 11.8 Å². The van der Waals surface area contributed by atoms with E-state index in [0.29, 0.717) is 15.6 Å². The number of urea groups is 1. The molecule has 28 heavy (non-hydrogen) atoms. The van der Waals surface area contributed by atoms with Gasteiger partial charge in [-0.15, -0.1) is 10.2 Å². The Balaban J connectivity index is 1.58. The summed E-state index contributed by atoms with van der Waals surface area (Å²) in [4.78, 5) is 26.5. The van der Waals surface area contributed by atoms with E-state index in [9.17, 15) is 14.0 Å². The van der Waals surface area contributed by atoms with Crippen LogP contribution in [0.1, 0.15) is 18.4 Å². The third kappa shape index (κ3) is 3.07. The highest BCUT2D eigenvalue weighted by atomic mass is 79.9. The molecule has 1 fully saturated rings. The number of halogens is 2. The maximum absolute atomic E-state index is 13.0. The predicted molar refractivity (Wildman–Crippen MR) is 100 cm³/mol.